The fraction of sp³-hybridized carbons (Fsp3) is 0.357. The summed E-state index contributed by atoms with van der Waals surface area (Å²) in [7, 11) is 1.58. The maximum atomic E-state index is 9.13. The molecular formula is C14H17N5O2. The normalized spacial score (nSPS) is 20.9. The Hall–Kier alpha value is -2.41. The van der Waals surface area contributed by atoms with Gasteiger partial charge >= 0.3 is 0 Å². The van der Waals surface area contributed by atoms with Crippen LogP contribution < -0.4 is 10.5 Å². The number of aliphatic hydroxyl groups is 1. The molecule has 7 nitrogen and oxygen atoms in total. The Kier molecular flexibility index (Phi) is 3.57. The van der Waals surface area contributed by atoms with Crippen molar-refractivity contribution < 1.29 is 9.84 Å². The molecule has 1 aromatic carbocycles. The molecule has 1 aliphatic carbocycles. The monoisotopic (exact) mass is 287 g/mol. The molecule has 2 unspecified atom stereocenters. The predicted octanol–water partition coefficient (Wildman–Crippen LogP) is 1.19. The van der Waals surface area contributed by atoms with Crippen molar-refractivity contribution >= 4 is 12.0 Å². The molecule has 0 aliphatic heterocycles. The molecule has 0 amide bonds. The van der Waals surface area contributed by atoms with Gasteiger partial charge in [0.25, 0.3) is 0 Å². The minimum atomic E-state index is 0.183. The molecule has 2 atom stereocenters. The van der Waals surface area contributed by atoms with Crippen LogP contribution in [0.2, 0.25) is 0 Å². The molecule has 1 aromatic heterocycles. The Balaban J connectivity index is 1.97. The van der Waals surface area contributed by atoms with Crippen LogP contribution in [0.3, 0.4) is 0 Å². The lowest BCUT2D eigenvalue weighted by Crippen LogP contribution is -1.92. The van der Waals surface area contributed by atoms with Crippen molar-refractivity contribution in [1.29, 1.82) is 0 Å². The summed E-state index contributed by atoms with van der Waals surface area (Å²) in [6, 6.07) is 5.53. The van der Waals surface area contributed by atoms with Gasteiger partial charge < -0.3 is 15.6 Å². The molecule has 1 heterocycles. The molecular weight excluding hydrogens is 270 g/mol. The first-order valence-electron chi connectivity index (χ1n) is 6.73. The Bertz CT molecular complexity index is 667. The number of methoxy groups -OCH3 is 1. The number of rotatable bonds is 5. The molecule has 7 heteroatoms. The lowest BCUT2D eigenvalue weighted by Gasteiger charge is -2.07. The van der Waals surface area contributed by atoms with Crippen LogP contribution in [0.5, 0.6) is 5.75 Å². The van der Waals surface area contributed by atoms with Gasteiger partial charge in [-0.25, -0.2) is 9.98 Å². The van der Waals surface area contributed by atoms with Crippen molar-refractivity contribution in [3.63, 3.8) is 0 Å². The van der Waals surface area contributed by atoms with Gasteiger partial charge in [-0.3, -0.25) is 5.10 Å². The van der Waals surface area contributed by atoms with E-state index in [1.807, 2.05) is 18.2 Å². The smallest absolute Gasteiger partial charge is 0.183 e. The van der Waals surface area contributed by atoms with Gasteiger partial charge in [0.05, 0.1) is 19.0 Å². The van der Waals surface area contributed by atoms with E-state index in [4.69, 9.17) is 15.6 Å². The fourth-order valence-corrected chi connectivity index (χ4v) is 2.42. The molecule has 2 aromatic rings. The van der Waals surface area contributed by atoms with Gasteiger partial charge in [0.1, 0.15) is 17.3 Å². The van der Waals surface area contributed by atoms with Crippen LogP contribution in [0.4, 0.5) is 5.69 Å². The number of hydrogen-bond acceptors (Lipinski definition) is 5. The van der Waals surface area contributed by atoms with Gasteiger partial charge in [-0.15, -0.1) is 0 Å². The van der Waals surface area contributed by atoms with Gasteiger partial charge in [0.2, 0.25) is 0 Å². The summed E-state index contributed by atoms with van der Waals surface area (Å²) in [5, 5.41) is 16.3. The SMILES string of the molecule is COc1cccc(-c2n[nH]c(C3CC3CO)n2)c1N=CN. The van der Waals surface area contributed by atoms with E-state index < -0.39 is 0 Å². The summed E-state index contributed by atoms with van der Waals surface area (Å²) in [5.41, 5.74) is 6.76. The first-order valence-corrected chi connectivity index (χ1v) is 6.73. The third kappa shape index (κ3) is 2.47. The number of aromatic nitrogens is 3. The highest BCUT2D eigenvalue weighted by Gasteiger charge is 2.40. The first-order chi connectivity index (χ1) is 10.3. The van der Waals surface area contributed by atoms with Crippen LogP contribution in [0, 0.1) is 5.92 Å². The van der Waals surface area contributed by atoms with E-state index in [0.29, 0.717) is 17.3 Å². The van der Waals surface area contributed by atoms with E-state index in [-0.39, 0.29) is 18.4 Å². The van der Waals surface area contributed by atoms with Crippen molar-refractivity contribution in [3.8, 4) is 17.1 Å². The maximum absolute atomic E-state index is 9.13. The first kappa shape index (κ1) is 13.6. The third-order valence-corrected chi connectivity index (χ3v) is 3.67. The van der Waals surface area contributed by atoms with Crippen LogP contribution in [0.15, 0.2) is 23.2 Å². The van der Waals surface area contributed by atoms with Crippen LogP contribution in [0.1, 0.15) is 18.2 Å². The van der Waals surface area contributed by atoms with Gasteiger partial charge in [0.15, 0.2) is 5.82 Å². The van der Waals surface area contributed by atoms with E-state index in [0.717, 1.165) is 17.8 Å². The largest absolute Gasteiger partial charge is 0.494 e. The molecule has 0 radical (unpaired) electrons. The predicted molar refractivity (Wildman–Crippen MR) is 78.6 cm³/mol. The van der Waals surface area contributed by atoms with Crippen molar-refractivity contribution in [2.45, 2.75) is 12.3 Å². The Morgan fingerprint density at radius 3 is 3.10 bits per heavy atom. The molecule has 1 saturated carbocycles. The zero-order valence-electron chi connectivity index (χ0n) is 11.7. The van der Waals surface area contributed by atoms with Crippen molar-refractivity contribution in [3.05, 3.63) is 24.0 Å². The summed E-state index contributed by atoms with van der Waals surface area (Å²) in [5.74, 6) is 2.52. The van der Waals surface area contributed by atoms with Crippen LogP contribution in [-0.2, 0) is 0 Å². The van der Waals surface area contributed by atoms with Gasteiger partial charge in [-0.2, -0.15) is 5.10 Å². The van der Waals surface area contributed by atoms with Crippen LogP contribution in [0.25, 0.3) is 11.4 Å². The number of benzene rings is 1. The molecule has 0 saturated heterocycles. The second kappa shape index (κ2) is 5.53. The number of H-pyrrole nitrogens is 1. The molecule has 1 fully saturated rings. The molecule has 110 valence electrons. The second-order valence-electron chi connectivity index (χ2n) is 4.96. The average Bonchev–Trinajstić information content (AvgIpc) is 3.15. The summed E-state index contributed by atoms with van der Waals surface area (Å²) in [6.07, 6.45) is 2.16. The Morgan fingerprint density at radius 2 is 2.43 bits per heavy atom. The van der Waals surface area contributed by atoms with Crippen molar-refractivity contribution in [2.75, 3.05) is 13.7 Å². The quantitative estimate of drug-likeness (QED) is 0.565. The minimum absolute atomic E-state index is 0.183. The minimum Gasteiger partial charge on any atom is -0.494 e. The maximum Gasteiger partial charge on any atom is 0.183 e. The number of ether oxygens (including phenoxy) is 1. The zero-order valence-corrected chi connectivity index (χ0v) is 11.7. The molecule has 3 rings (SSSR count). The average molecular weight is 287 g/mol. The fourth-order valence-electron chi connectivity index (χ4n) is 2.42. The third-order valence-electron chi connectivity index (χ3n) is 3.67. The number of aliphatic imine (C=N–C) groups is 1. The number of hydrogen-bond donors (Lipinski definition) is 3. The Labute approximate surface area is 121 Å². The van der Waals surface area contributed by atoms with E-state index in [1.165, 1.54) is 6.34 Å². The number of para-hydroxylation sites is 1. The number of nitrogens with one attached hydrogen (secondary N) is 1. The molecule has 0 spiro atoms. The molecule has 21 heavy (non-hydrogen) atoms. The number of aliphatic hydroxyl groups excluding tert-OH is 1. The molecule has 4 N–H and O–H groups in total. The lowest BCUT2D eigenvalue weighted by atomic mass is 10.1. The highest BCUT2D eigenvalue weighted by Crippen LogP contribution is 2.46. The van der Waals surface area contributed by atoms with Gasteiger partial charge in [-0.05, 0) is 24.5 Å². The zero-order chi connectivity index (χ0) is 14.8. The summed E-state index contributed by atoms with van der Waals surface area (Å²) in [6.45, 7) is 0.183. The molecule has 0 bridgehead atoms. The number of aromatic amines is 1. The van der Waals surface area contributed by atoms with E-state index in [9.17, 15) is 0 Å². The summed E-state index contributed by atoms with van der Waals surface area (Å²) in [4.78, 5) is 8.66. The Morgan fingerprint density at radius 1 is 1.57 bits per heavy atom. The standard InChI is InChI=1S/C14H17N5O2/c1-21-11-4-2-3-9(12(11)16-7-15)13-17-14(19-18-13)10-5-8(10)6-20/h2-4,7-8,10,20H,5-6H2,1H3,(H2,15,16)(H,17,18,19). The van der Waals surface area contributed by atoms with Gasteiger partial charge in [-0.1, -0.05) is 6.07 Å². The molecule has 1 aliphatic rings. The van der Waals surface area contributed by atoms with Crippen LogP contribution in [-0.4, -0.2) is 40.3 Å². The number of nitrogens with zero attached hydrogens (tertiary/aromatic N) is 3. The highest BCUT2D eigenvalue weighted by molar-refractivity contribution is 5.79. The van der Waals surface area contributed by atoms with Crippen molar-refractivity contribution in [2.24, 2.45) is 16.6 Å². The van der Waals surface area contributed by atoms with E-state index >= 15 is 0 Å². The van der Waals surface area contributed by atoms with Gasteiger partial charge in [0, 0.05) is 12.5 Å². The highest BCUT2D eigenvalue weighted by atomic mass is 16.5. The lowest BCUT2D eigenvalue weighted by molar-refractivity contribution is 0.273. The van der Waals surface area contributed by atoms with Crippen molar-refractivity contribution in [1.82, 2.24) is 15.2 Å². The topological polar surface area (TPSA) is 109 Å². The van der Waals surface area contributed by atoms with E-state index in [1.54, 1.807) is 7.11 Å². The number of nitrogens with two attached hydrogens (primary N) is 1. The second-order valence-corrected chi connectivity index (χ2v) is 4.96. The van der Waals surface area contributed by atoms with Crippen LogP contribution >= 0.6 is 0 Å². The van der Waals surface area contributed by atoms with E-state index in [2.05, 4.69) is 20.2 Å². The summed E-state index contributed by atoms with van der Waals surface area (Å²) >= 11 is 0. The summed E-state index contributed by atoms with van der Waals surface area (Å²) < 4.78 is 5.29.